The molecule has 1 unspecified atom stereocenters. The highest BCUT2D eigenvalue weighted by molar-refractivity contribution is 7.99. The molecule has 0 aliphatic carbocycles. The van der Waals surface area contributed by atoms with Crippen molar-refractivity contribution in [2.75, 3.05) is 11.1 Å². The molecule has 3 aromatic heterocycles. The number of nitrogens with zero attached hydrogens (tertiary/aromatic N) is 3. The SMILES string of the molecule is CCSc1nc(NCc2cccnc2)c2c3c(sc2n1)COC(C)(CC)C3. The van der Waals surface area contributed by atoms with E-state index in [1.807, 2.05) is 12.3 Å². The van der Waals surface area contributed by atoms with Gasteiger partial charge in [-0.25, -0.2) is 9.97 Å². The van der Waals surface area contributed by atoms with Gasteiger partial charge >= 0.3 is 0 Å². The summed E-state index contributed by atoms with van der Waals surface area (Å²) >= 11 is 3.42. The fraction of sp³-hybridized carbons (Fsp3) is 0.450. The third kappa shape index (κ3) is 3.81. The monoisotopic (exact) mass is 400 g/mol. The first-order valence-electron chi connectivity index (χ1n) is 9.33. The molecule has 142 valence electrons. The molecule has 7 heteroatoms. The first-order chi connectivity index (χ1) is 13.1. The molecule has 3 aromatic rings. The second-order valence-corrected chi connectivity index (χ2v) is 9.27. The van der Waals surface area contributed by atoms with Crippen LogP contribution in [0, 0.1) is 0 Å². The molecule has 1 N–H and O–H groups in total. The van der Waals surface area contributed by atoms with Crippen LogP contribution in [0.2, 0.25) is 0 Å². The Bertz CT molecular complexity index is 944. The van der Waals surface area contributed by atoms with E-state index in [-0.39, 0.29) is 5.60 Å². The number of fused-ring (bicyclic) bond motifs is 3. The Morgan fingerprint density at radius 2 is 2.22 bits per heavy atom. The molecule has 0 aromatic carbocycles. The average molecular weight is 401 g/mol. The molecule has 0 saturated heterocycles. The number of ether oxygens (including phenoxy) is 1. The Hall–Kier alpha value is -1.70. The highest BCUT2D eigenvalue weighted by Gasteiger charge is 2.33. The summed E-state index contributed by atoms with van der Waals surface area (Å²) in [5.41, 5.74) is 2.38. The van der Waals surface area contributed by atoms with Crippen LogP contribution in [-0.4, -0.2) is 26.3 Å². The van der Waals surface area contributed by atoms with E-state index < -0.39 is 0 Å². The van der Waals surface area contributed by atoms with Gasteiger partial charge in [0.25, 0.3) is 0 Å². The second kappa shape index (κ2) is 7.73. The molecular weight excluding hydrogens is 376 g/mol. The summed E-state index contributed by atoms with van der Waals surface area (Å²) in [6.45, 7) is 7.88. The number of thioether (sulfide) groups is 1. The Morgan fingerprint density at radius 1 is 1.33 bits per heavy atom. The van der Waals surface area contributed by atoms with Gasteiger partial charge in [0, 0.05) is 30.2 Å². The number of rotatable bonds is 6. The standard InChI is InChI=1S/C20H24N4OS2/c1-4-20(3)9-14-15(12-25-20)27-18-16(14)17(23-19(24-18)26-5-2)22-11-13-7-6-8-21-10-13/h6-8,10H,4-5,9,11-12H2,1-3H3,(H,22,23,24). The number of hydrogen-bond donors (Lipinski definition) is 1. The first-order valence-corrected chi connectivity index (χ1v) is 11.1. The van der Waals surface area contributed by atoms with E-state index in [0.29, 0.717) is 13.2 Å². The van der Waals surface area contributed by atoms with E-state index in [0.717, 1.165) is 40.0 Å². The largest absolute Gasteiger partial charge is 0.369 e. The van der Waals surface area contributed by atoms with E-state index in [4.69, 9.17) is 14.7 Å². The Labute approximate surface area is 168 Å². The van der Waals surface area contributed by atoms with Crippen molar-refractivity contribution >= 4 is 39.1 Å². The lowest BCUT2D eigenvalue weighted by Gasteiger charge is -2.33. The van der Waals surface area contributed by atoms with E-state index in [9.17, 15) is 0 Å². The normalized spacial score (nSPS) is 19.2. The highest BCUT2D eigenvalue weighted by atomic mass is 32.2. The summed E-state index contributed by atoms with van der Waals surface area (Å²) in [6, 6.07) is 4.03. The van der Waals surface area contributed by atoms with E-state index in [1.54, 1.807) is 29.3 Å². The molecule has 27 heavy (non-hydrogen) atoms. The summed E-state index contributed by atoms with van der Waals surface area (Å²) in [6.07, 6.45) is 5.58. The maximum Gasteiger partial charge on any atom is 0.190 e. The van der Waals surface area contributed by atoms with Crippen LogP contribution in [0.3, 0.4) is 0 Å². The third-order valence-electron chi connectivity index (χ3n) is 5.02. The van der Waals surface area contributed by atoms with Crippen LogP contribution in [0.25, 0.3) is 10.2 Å². The van der Waals surface area contributed by atoms with E-state index >= 15 is 0 Å². The quantitative estimate of drug-likeness (QED) is 0.461. The molecule has 0 fully saturated rings. The van der Waals surface area contributed by atoms with E-state index in [1.165, 1.54) is 15.8 Å². The Balaban J connectivity index is 1.76. The number of nitrogens with one attached hydrogen (secondary N) is 1. The molecule has 1 atom stereocenters. The first kappa shape index (κ1) is 18.7. The van der Waals surface area contributed by atoms with Crippen molar-refractivity contribution < 1.29 is 4.74 Å². The third-order valence-corrected chi connectivity index (χ3v) is 6.85. The predicted molar refractivity (Wildman–Crippen MR) is 113 cm³/mol. The second-order valence-electron chi connectivity index (χ2n) is 6.96. The fourth-order valence-corrected chi connectivity index (χ4v) is 5.02. The van der Waals surface area contributed by atoms with Gasteiger partial charge in [-0.2, -0.15) is 0 Å². The van der Waals surface area contributed by atoms with Gasteiger partial charge < -0.3 is 10.1 Å². The molecule has 0 spiro atoms. The summed E-state index contributed by atoms with van der Waals surface area (Å²) in [5.74, 6) is 1.88. The van der Waals surface area contributed by atoms with Gasteiger partial charge in [0.2, 0.25) is 0 Å². The number of thiophene rings is 1. The molecule has 1 aliphatic heterocycles. The predicted octanol–water partition coefficient (Wildman–Crippen LogP) is 5.05. The smallest absolute Gasteiger partial charge is 0.190 e. The minimum Gasteiger partial charge on any atom is -0.369 e. The van der Waals surface area contributed by atoms with Crippen LogP contribution in [0.15, 0.2) is 29.7 Å². The van der Waals surface area contributed by atoms with Crippen LogP contribution in [0.1, 0.15) is 43.2 Å². The summed E-state index contributed by atoms with van der Waals surface area (Å²) in [4.78, 5) is 16.2. The summed E-state index contributed by atoms with van der Waals surface area (Å²) in [5, 5.41) is 5.54. The van der Waals surface area contributed by atoms with Gasteiger partial charge in [-0.3, -0.25) is 4.98 Å². The lowest BCUT2D eigenvalue weighted by Crippen LogP contribution is -2.33. The Kier molecular flexibility index (Phi) is 5.34. The van der Waals surface area contributed by atoms with Gasteiger partial charge in [0.15, 0.2) is 5.16 Å². The van der Waals surface area contributed by atoms with Gasteiger partial charge in [0.05, 0.1) is 17.6 Å². The Morgan fingerprint density at radius 3 is 2.96 bits per heavy atom. The maximum absolute atomic E-state index is 6.15. The summed E-state index contributed by atoms with van der Waals surface area (Å²) < 4.78 is 6.15. The van der Waals surface area contributed by atoms with Crippen molar-refractivity contribution in [3.05, 3.63) is 40.5 Å². The lowest BCUT2D eigenvalue weighted by atomic mass is 9.90. The zero-order valence-corrected chi connectivity index (χ0v) is 17.5. The molecule has 5 nitrogen and oxygen atoms in total. The number of pyridine rings is 1. The highest BCUT2D eigenvalue weighted by Crippen LogP contribution is 2.42. The van der Waals surface area contributed by atoms with Gasteiger partial charge in [0.1, 0.15) is 10.6 Å². The van der Waals surface area contributed by atoms with Gasteiger partial charge in [-0.1, -0.05) is 31.7 Å². The minimum absolute atomic E-state index is 0.113. The molecule has 0 amide bonds. The van der Waals surface area contributed by atoms with Crippen LogP contribution in [0.4, 0.5) is 5.82 Å². The van der Waals surface area contributed by atoms with Gasteiger partial charge in [-0.15, -0.1) is 11.3 Å². The average Bonchev–Trinajstić information content (AvgIpc) is 3.04. The zero-order valence-electron chi connectivity index (χ0n) is 15.9. The molecule has 4 rings (SSSR count). The summed E-state index contributed by atoms with van der Waals surface area (Å²) in [7, 11) is 0. The lowest BCUT2D eigenvalue weighted by molar-refractivity contribution is -0.0542. The fourth-order valence-electron chi connectivity index (χ4n) is 3.29. The van der Waals surface area contributed by atoms with Crippen LogP contribution < -0.4 is 5.32 Å². The van der Waals surface area contributed by atoms with Crippen molar-refractivity contribution in [3.8, 4) is 0 Å². The molecule has 0 radical (unpaired) electrons. The van der Waals surface area contributed by atoms with Crippen LogP contribution in [0.5, 0.6) is 0 Å². The van der Waals surface area contributed by atoms with Crippen molar-refractivity contribution in [2.45, 2.75) is 57.5 Å². The van der Waals surface area contributed by atoms with Crippen molar-refractivity contribution in [2.24, 2.45) is 0 Å². The number of hydrogen-bond acceptors (Lipinski definition) is 7. The van der Waals surface area contributed by atoms with Crippen molar-refractivity contribution in [1.82, 2.24) is 15.0 Å². The number of anilines is 1. The minimum atomic E-state index is -0.113. The zero-order chi connectivity index (χ0) is 18.9. The topological polar surface area (TPSA) is 59.9 Å². The maximum atomic E-state index is 6.15. The van der Waals surface area contributed by atoms with Crippen molar-refractivity contribution in [1.29, 1.82) is 0 Å². The molecular formula is C20H24N4OS2. The van der Waals surface area contributed by atoms with Crippen molar-refractivity contribution in [3.63, 3.8) is 0 Å². The van der Waals surface area contributed by atoms with Gasteiger partial charge in [-0.05, 0) is 36.3 Å². The van der Waals surface area contributed by atoms with Crippen LogP contribution in [-0.2, 0) is 24.3 Å². The molecule has 4 heterocycles. The number of aromatic nitrogens is 3. The van der Waals surface area contributed by atoms with Crippen LogP contribution >= 0.6 is 23.1 Å². The molecule has 0 saturated carbocycles. The molecule has 1 aliphatic rings. The molecule has 0 bridgehead atoms. The van der Waals surface area contributed by atoms with E-state index in [2.05, 4.69) is 37.1 Å².